The number of amides is 1. The van der Waals surface area contributed by atoms with E-state index in [1.54, 1.807) is 0 Å². The summed E-state index contributed by atoms with van der Waals surface area (Å²) < 4.78 is 11.7. The van der Waals surface area contributed by atoms with Crippen molar-refractivity contribution in [2.45, 2.75) is 51.1 Å². The summed E-state index contributed by atoms with van der Waals surface area (Å²) >= 11 is 0. The molecule has 0 bridgehead atoms. The molecule has 5 heteroatoms. The molecular weight excluding hydrogens is 316 g/mol. The molecule has 1 saturated heterocycles. The van der Waals surface area contributed by atoms with Crippen LogP contribution in [0.15, 0.2) is 18.2 Å². The molecule has 2 aliphatic heterocycles. The molecular formula is C20H28N2O3. The van der Waals surface area contributed by atoms with Crippen LogP contribution < -0.4 is 14.8 Å². The molecule has 1 N–H and O–H groups in total. The van der Waals surface area contributed by atoms with Gasteiger partial charge in [-0.15, -0.1) is 0 Å². The van der Waals surface area contributed by atoms with Gasteiger partial charge in [-0.1, -0.05) is 25.0 Å². The minimum atomic E-state index is 0.286. The van der Waals surface area contributed by atoms with E-state index in [1.165, 1.54) is 12.8 Å². The van der Waals surface area contributed by atoms with Gasteiger partial charge < -0.3 is 19.7 Å². The molecule has 0 spiro atoms. The second kappa shape index (κ2) is 7.65. The van der Waals surface area contributed by atoms with E-state index in [1.807, 2.05) is 12.1 Å². The number of nitrogens with zero attached hydrogens (tertiary/aromatic N) is 1. The predicted octanol–water partition coefficient (Wildman–Crippen LogP) is 2.73. The number of hydrogen-bond acceptors (Lipinski definition) is 4. The fourth-order valence-electron chi connectivity index (χ4n) is 4.21. The highest BCUT2D eigenvalue weighted by Crippen LogP contribution is 2.33. The normalized spacial score (nSPS) is 23.7. The van der Waals surface area contributed by atoms with Crippen molar-refractivity contribution in [1.29, 1.82) is 0 Å². The van der Waals surface area contributed by atoms with Gasteiger partial charge in [0.05, 0.1) is 13.2 Å². The van der Waals surface area contributed by atoms with Crippen LogP contribution in [0.4, 0.5) is 0 Å². The number of para-hydroxylation sites is 1. The Hall–Kier alpha value is -1.75. The lowest BCUT2D eigenvalue weighted by atomic mass is 10.1. The summed E-state index contributed by atoms with van der Waals surface area (Å²) in [6.45, 7) is 3.89. The smallest absolute Gasteiger partial charge is 0.225 e. The summed E-state index contributed by atoms with van der Waals surface area (Å²) in [5, 5.41) is 3.61. The Morgan fingerprint density at radius 1 is 1.12 bits per heavy atom. The first-order valence-electron chi connectivity index (χ1n) is 9.71. The average molecular weight is 344 g/mol. The standard InChI is InChI=1S/C20H28N2O3/c23-20(15-5-1-2-6-15)22-10-9-17(14-22)21-13-16-7-3-8-18-19(16)25-12-4-11-24-18/h3,7-8,15,17,21H,1-2,4-6,9-14H2. The second-order valence-electron chi connectivity index (χ2n) is 7.43. The Kier molecular flexibility index (Phi) is 5.11. The molecule has 1 amide bonds. The summed E-state index contributed by atoms with van der Waals surface area (Å²) in [5.74, 6) is 2.40. The van der Waals surface area contributed by atoms with Crippen molar-refractivity contribution >= 4 is 5.91 Å². The topological polar surface area (TPSA) is 50.8 Å². The van der Waals surface area contributed by atoms with E-state index in [0.717, 1.165) is 62.4 Å². The summed E-state index contributed by atoms with van der Waals surface area (Å²) in [5.41, 5.74) is 1.14. The molecule has 5 nitrogen and oxygen atoms in total. The molecule has 2 heterocycles. The molecule has 136 valence electrons. The number of carbonyl (C=O) groups excluding carboxylic acids is 1. The number of rotatable bonds is 4. The molecule has 25 heavy (non-hydrogen) atoms. The van der Waals surface area contributed by atoms with Gasteiger partial charge in [-0.05, 0) is 25.3 Å². The van der Waals surface area contributed by atoms with Gasteiger partial charge in [0.15, 0.2) is 11.5 Å². The zero-order chi connectivity index (χ0) is 17.1. The van der Waals surface area contributed by atoms with Crippen LogP contribution in [0.1, 0.15) is 44.1 Å². The second-order valence-corrected chi connectivity index (χ2v) is 7.43. The number of nitrogens with one attached hydrogen (secondary N) is 1. The molecule has 1 aromatic carbocycles. The van der Waals surface area contributed by atoms with E-state index in [2.05, 4.69) is 16.3 Å². The first-order chi connectivity index (χ1) is 12.3. The SMILES string of the molecule is O=C(C1CCCC1)N1CCC(NCc2cccc3c2OCCCO3)C1. The molecule has 2 fully saturated rings. The lowest BCUT2D eigenvalue weighted by Crippen LogP contribution is -2.37. The number of benzene rings is 1. The van der Waals surface area contributed by atoms with Crippen molar-refractivity contribution in [3.63, 3.8) is 0 Å². The van der Waals surface area contributed by atoms with Gasteiger partial charge in [-0.2, -0.15) is 0 Å². The number of ether oxygens (including phenoxy) is 2. The van der Waals surface area contributed by atoms with Gasteiger partial charge in [0.1, 0.15) is 0 Å². The van der Waals surface area contributed by atoms with Crippen molar-refractivity contribution in [2.24, 2.45) is 5.92 Å². The Morgan fingerprint density at radius 3 is 2.84 bits per heavy atom. The monoisotopic (exact) mass is 344 g/mol. The number of carbonyl (C=O) groups is 1. The Labute approximate surface area is 149 Å². The van der Waals surface area contributed by atoms with Crippen molar-refractivity contribution in [2.75, 3.05) is 26.3 Å². The fourth-order valence-corrected chi connectivity index (χ4v) is 4.21. The van der Waals surface area contributed by atoms with Gasteiger partial charge in [0, 0.05) is 43.6 Å². The summed E-state index contributed by atoms with van der Waals surface area (Å²) in [6.07, 6.45) is 6.55. The quantitative estimate of drug-likeness (QED) is 0.912. The third-order valence-corrected chi connectivity index (χ3v) is 5.64. The highest BCUT2D eigenvalue weighted by atomic mass is 16.5. The van der Waals surface area contributed by atoms with Crippen LogP contribution in [0.3, 0.4) is 0 Å². The highest BCUT2D eigenvalue weighted by Gasteiger charge is 2.32. The molecule has 1 unspecified atom stereocenters. The summed E-state index contributed by atoms with van der Waals surface area (Å²) in [6, 6.07) is 6.46. The zero-order valence-electron chi connectivity index (χ0n) is 14.8. The van der Waals surface area contributed by atoms with Crippen molar-refractivity contribution in [3.8, 4) is 11.5 Å². The third-order valence-electron chi connectivity index (χ3n) is 5.64. The molecule has 4 rings (SSSR count). The van der Waals surface area contributed by atoms with Crippen LogP contribution in [-0.4, -0.2) is 43.2 Å². The molecule has 1 atom stereocenters. The molecule has 1 aliphatic carbocycles. The maximum atomic E-state index is 12.6. The number of likely N-dealkylation sites (tertiary alicyclic amines) is 1. The van der Waals surface area contributed by atoms with Crippen LogP contribution in [0.2, 0.25) is 0 Å². The van der Waals surface area contributed by atoms with Crippen LogP contribution in [0.25, 0.3) is 0 Å². The zero-order valence-corrected chi connectivity index (χ0v) is 14.8. The Bertz CT molecular complexity index is 613. The highest BCUT2D eigenvalue weighted by molar-refractivity contribution is 5.79. The van der Waals surface area contributed by atoms with Crippen LogP contribution in [0, 0.1) is 5.92 Å². The van der Waals surface area contributed by atoms with Gasteiger partial charge in [0.2, 0.25) is 5.91 Å². The van der Waals surface area contributed by atoms with E-state index in [-0.39, 0.29) is 5.92 Å². The maximum absolute atomic E-state index is 12.6. The average Bonchev–Trinajstić information content (AvgIpc) is 3.27. The largest absolute Gasteiger partial charge is 0.490 e. The van der Waals surface area contributed by atoms with Crippen molar-refractivity contribution in [1.82, 2.24) is 10.2 Å². The first-order valence-corrected chi connectivity index (χ1v) is 9.71. The van der Waals surface area contributed by atoms with E-state index >= 15 is 0 Å². The number of fused-ring (bicyclic) bond motifs is 1. The van der Waals surface area contributed by atoms with E-state index < -0.39 is 0 Å². The fraction of sp³-hybridized carbons (Fsp3) is 0.650. The minimum absolute atomic E-state index is 0.286. The summed E-state index contributed by atoms with van der Waals surface area (Å²) in [7, 11) is 0. The Balaban J connectivity index is 1.33. The van der Waals surface area contributed by atoms with Crippen LogP contribution in [-0.2, 0) is 11.3 Å². The van der Waals surface area contributed by atoms with Crippen molar-refractivity contribution in [3.05, 3.63) is 23.8 Å². The minimum Gasteiger partial charge on any atom is -0.490 e. The lowest BCUT2D eigenvalue weighted by molar-refractivity contribution is -0.134. The van der Waals surface area contributed by atoms with Gasteiger partial charge in [-0.25, -0.2) is 0 Å². The van der Waals surface area contributed by atoms with Gasteiger partial charge >= 0.3 is 0 Å². The van der Waals surface area contributed by atoms with E-state index in [9.17, 15) is 4.79 Å². The molecule has 0 aromatic heterocycles. The predicted molar refractivity (Wildman–Crippen MR) is 95.8 cm³/mol. The molecule has 0 radical (unpaired) electrons. The maximum Gasteiger partial charge on any atom is 0.225 e. The number of hydrogen-bond donors (Lipinski definition) is 1. The molecule has 1 saturated carbocycles. The molecule has 3 aliphatic rings. The van der Waals surface area contributed by atoms with Gasteiger partial charge in [-0.3, -0.25) is 4.79 Å². The van der Waals surface area contributed by atoms with Gasteiger partial charge in [0.25, 0.3) is 0 Å². The van der Waals surface area contributed by atoms with E-state index in [4.69, 9.17) is 9.47 Å². The molecule has 1 aromatic rings. The summed E-state index contributed by atoms with van der Waals surface area (Å²) in [4.78, 5) is 14.6. The lowest BCUT2D eigenvalue weighted by Gasteiger charge is -2.21. The van der Waals surface area contributed by atoms with Crippen molar-refractivity contribution < 1.29 is 14.3 Å². The third kappa shape index (κ3) is 3.76. The first kappa shape index (κ1) is 16.7. The van der Waals surface area contributed by atoms with E-state index in [0.29, 0.717) is 25.2 Å². The van der Waals surface area contributed by atoms with Crippen LogP contribution in [0.5, 0.6) is 11.5 Å². The van der Waals surface area contributed by atoms with Crippen LogP contribution >= 0.6 is 0 Å². The Morgan fingerprint density at radius 2 is 1.96 bits per heavy atom.